The molecule has 3 nitrogen and oxygen atoms in total. The third-order valence-corrected chi connectivity index (χ3v) is 3.79. The number of benzene rings is 1. The van der Waals surface area contributed by atoms with E-state index in [4.69, 9.17) is 16.3 Å². The minimum Gasteiger partial charge on any atom is -0.489 e. The molecule has 2 rings (SSSR count). The van der Waals surface area contributed by atoms with E-state index in [0.29, 0.717) is 23.2 Å². The third-order valence-electron chi connectivity index (χ3n) is 3.50. The third kappa shape index (κ3) is 4.37. The molecule has 1 aliphatic rings. The molecule has 1 saturated carbocycles. The maximum Gasteiger partial charge on any atom is 0.142 e. The second-order valence-electron chi connectivity index (χ2n) is 5.52. The van der Waals surface area contributed by atoms with Crippen LogP contribution in [0.2, 0.25) is 5.02 Å². The van der Waals surface area contributed by atoms with Gasteiger partial charge in [-0.15, -0.1) is 0 Å². The number of aliphatic hydroxyl groups is 1. The Bertz CT molecular complexity index is 430. The van der Waals surface area contributed by atoms with Crippen LogP contribution in [-0.4, -0.2) is 23.4 Å². The molecule has 0 heterocycles. The fourth-order valence-electron chi connectivity index (χ4n) is 1.73. The number of nitrogens with one attached hydrogen (secondary N) is 1. The van der Waals surface area contributed by atoms with Crippen molar-refractivity contribution < 1.29 is 9.84 Å². The SMILES string of the molecule is CCC(C)(O)COc1c(Cl)cccc1CNC1CC1. The van der Waals surface area contributed by atoms with Crippen LogP contribution in [0.25, 0.3) is 0 Å². The van der Waals surface area contributed by atoms with Gasteiger partial charge in [0.2, 0.25) is 0 Å². The molecule has 1 unspecified atom stereocenters. The Hall–Kier alpha value is -0.770. The van der Waals surface area contributed by atoms with Crippen LogP contribution in [0.3, 0.4) is 0 Å². The molecule has 0 aliphatic heterocycles. The van der Waals surface area contributed by atoms with Crippen LogP contribution < -0.4 is 10.1 Å². The Labute approximate surface area is 119 Å². The highest BCUT2D eigenvalue weighted by Gasteiger charge is 2.22. The van der Waals surface area contributed by atoms with Gasteiger partial charge in [-0.05, 0) is 32.3 Å². The first-order chi connectivity index (χ1) is 9.02. The maximum atomic E-state index is 10.0. The lowest BCUT2D eigenvalue weighted by atomic mass is 10.1. The number of halogens is 1. The molecule has 1 fully saturated rings. The van der Waals surface area contributed by atoms with Gasteiger partial charge in [0.1, 0.15) is 12.4 Å². The number of hydrogen-bond acceptors (Lipinski definition) is 3. The molecule has 2 N–H and O–H groups in total. The van der Waals surface area contributed by atoms with Gasteiger partial charge < -0.3 is 15.2 Å². The quantitative estimate of drug-likeness (QED) is 0.808. The molecule has 0 amide bonds. The van der Waals surface area contributed by atoms with E-state index in [-0.39, 0.29) is 6.61 Å². The second-order valence-corrected chi connectivity index (χ2v) is 5.93. The van der Waals surface area contributed by atoms with Crippen LogP contribution in [0.1, 0.15) is 38.7 Å². The van der Waals surface area contributed by atoms with E-state index < -0.39 is 5.60 Å². The van der Waals surface area contributed by atoms with Crippen LogP contribution in [0.4, 0.5) is 0 Å². The minimum absolute atomic E-state index is 0.254. The summed E-state index contributed by atoms with van der Waals surface area (Å²) in [7, 11) is 0. The fraction of sp³-hybridized carbons (Fsp3) is 0.600. The summed E-state index contributed by atoms with van der Waals surface area (Å²) in [4.78, 5) is 0. The largest absolute Gasteiger partial charge is 0.489 e. The smallest absolute Gasteiger partial charge is 0.142 e. The molecule has 0 bridgehead atoms. The van der Waals surface area contributed by atoms with Crippen LogP contribution >= 0.6 is 11.6 Å². The standard InChI is InChI=1S/C15H22ClNO2/c1-3-15(2,18)10-19-14-11(5-4-6-13(14)16)9-17-12-7-8-12/h4-6,12,17-18H,3,7-10H2,1-2H3. The molecule has 106 valence electrons. The lowest BCUT2D eigenvalue weighted by Gasteiger charge is -2.23. The first-order valence-electron chi connectivity index (χ1n) is 6.88. The summed E-state index contributed by atoms with van der Waals surface area (Å²) >= 11 is 6.20. The van der Waals surface area contributed by atoms with Crippen LogP contribution in [0.15, 0.2) is 18.2 Å². The van der Waals surface area contributed by atoms with Crippen molar-refractivity contribution in [1.29, 1.82) is 0 Å². The van der Waals surface area contributed by atoms with E-state index >= 15 is 0 Å². The Kier molecular flexibility index (Phi) is 4.71. The highest BCUT2D eigenvalue weighted by Crippen LogP contribution is 2.30. The van der Waals surface area contributed by atoms with Crippen molar-refractivity contribution in [3.63, 3.8) is 0 Å². The highest BCUT2D eigenvalue weighted by atomic mass is 35.5. The molecular formula is C15H22ClNO2. The predicted molar refractivity (Wildman–Crippen MR) is 77.7 cm³/mol. The van der Waals surface area contributed by atoms with Gasteiger partial charge in [0.25, 0.3) is 0 Å². The molecule has 4 heteroatoms. The Balaban J connectivity index is 2.03. The average molecular weight is 284 g/mol. The first kappa shape index (κ1) is 14.6. The van der Waals surface area contributed by atoms with Crippen molar-refractivity contribution in [3.05, 3.63) is 28.8 Å². The highest BCUT2D eigenvalue weighted by molar-refractivity contribution is 6.32. The first-order valence-corrected chi connectivity index (χ1v) is 7.25. The van der Waals surface area contributed by atoms with E-state index in [0.717, 1.165) is 12.1 Å². The summed E-state index contributed by atoms with van der Waals surface area (Å²) < 4.78 is 5.75. The van der Waals surface area contributed by atoms with Gasteiger partial charge in [0.15, 0.2) is 0 Å². The van der Waals surface area contributed by atoms with Crippen molar-refractivity contribution in [3.8, 4) is 5.75 Å². The van der Waals surface area contributed by atoms with Crippen LogP contribution in [-0.2, 0) is 6.54 Å². The van der Waals surface area contributed by atoms with Crippen molar-refractivity contribution in [2.24, 2.45) is 0 Å². The average Bonchev–Trinajstić information content (AvgIpc) is 3.19. The molecule has 1 aromatic rings. The normalized spacial score (nSPS) is 18.1. The van der Waals surface area contributed by atoms with Gasteiger partial charge in [-0.3, -0.25) is 0 Å². The lowest BCUT2D eigenvalue weighted by Crippen LogP contribution is -2.31. The molecule has 0 aromatic heterocycles. The number of rotatable bonds is 7. The Morgan fingerprint density at radius 3 is 2.84 bits per heavy atom. The van der Waals surface area contributed by atoms with Gasteiger partial charge in [-0.25, -0.2) is 0 Å². The zero-order valence-electron chi connectivity index (χ0n) is 11.6. The van der Waals surface area contributed by atoms with Crippen molar-refractivity contribution in [2.45, 2.75) is 51.3 Å². The number of ether oxygens (including phenoxy) is 1. The zero-order chi connectivity index (χ0) is 13.9. The topological polar surface area (TPSA) is 41.5 Å². The maximum absolute atomic E-state index is 10.0. The monoisotopic (exact) mass is 283 g/mol. The fourth-order valence-corrected chi connectivity index (χ4v) is 1.97. The number of para-hydroxylation sites is 1. The predicted octanol–water partition coefficient (Wildman–Crippen LogP) is 3.13. The van der Waals surface area contributed by atoms with Gasteiger partial charge in [-0.2, -0.15) is 0 Å². The van der Waals surface area contributed by atoms with Crippen LogP contribution in [0, 0.1) is 0 Å². The van der Waals surface area contributed by atoms with Gasteiger partial charge in [-0.1, -0.05) is 30.7 Å². The van der Waals surface area contributed by atoms with Crippen LogP contribution in [0.5, 0.6) is 5.75 Å². The van der Waals surface area contributed by atoms with Gasteiger partial charge in [0.05, 0.1) is 10.6 Å². The summed E-state index contributed by atoms with van der Waals surface area (Å²) in [6.45, 7) is 4.72. The van der Waals surface area contributed by atoms with Crippen molar-refractivity contribution in [1.82, 2.24) is 5.32 Å². The molecule has 0 radical (unpaired) electrons. The molecule has 1 atom stereocenters. The summed E-state index contributed by atoms with van der Waals surface area (Å²) in [6, 6.07) is 6.40. The summed E-state index contributed by atoms with van der Waals surface area (Å²) in [6.07, 6.45) is 3.15. The van der Waals surface area contributed by atoms with Crippen molar-refractivity contribution >= 4 is 11.6 Å². The van der Waals surface area contributed by atoms with E-state index in [9.17, 15) is 5.11 Å². The molecule has 1 aliphatic carbocycles. The summed E-state index contributed by atoms with van der Waals surface area (Å²) in [5, 5.41) is 14.1. The van der Waals surface area contributed by atoms with Gasteiger partial charge >= 0.3 is 0 Å². The summed E-state index contributed by atoms with van der Waals surface area (Å²) in [5.74, 6) is 0.686. The molecule has 1 aromatic carbocycles. The van der Waals surface area contributed by atoms with E-state index in [1.54, 1.807) is 6.92 Å². The molecule has 0 spiro atoms. The number of hydrogen-bond donors (Lipinski definition) is 2. The minimum atomic E-state index is -0.819. The van der Waals surface area contributed by atoms with E-state index in [1.165, 1.54) is 12.8 Å². The lowest BCUT2D eigenvalue weighted by molar-refractivity contribution is 0.00819. The Morgan fingerprint density at radius 2 is 2.21 bits per heavy atom. The van der Waals surface area contributed by atoms with E-state index in [1.807, 2.05) is 25.1 Å². The van der Waals surface area contributed by atoms with Crippen molar-refractivity contribution in [2.75, 3.05) is 6.61 Å². The van der Waals surface area contributed by atoms with Gasteiger partial charge in [0, 0.05) is 18.2 Å². The Morgan fingerprint density at radius 1 is 1.47 bits per heavy atom. The molecule has 19 heavy (non-hydrogen) atoms. The summed E-state index contributed by atoms with van der Waals surface area (Å²) in [5.41, 5.74) is 0.228. The molecule has 0 saturated heterocycles. The zero-order valence-corrected chi connectivity index (χ0v) is 12.3. The molecular weight excluding hydrogens is 262 g/mol. The second kappa shape index (κ2) is 6.12. The van der Waals surface area contributed by atoms with E-state index in [2.05, 4.69) is 5.32 Å².